The van der Waals surface area contributed by atoms with Gasteiger partial charge in [-0.2, -0.15) is 0 Å². The van der Waals surface area contributed by atoms with E-state index in [9.17, 15) is 0 Å². The molecule has 0 saturated heterocycles. The molecule has 1 aliphatic rings. The van der Waals surface area contributed by atoms with Gasteiger partial charge in [-0.15, -0.1) is 0 Å². The van der Waals surface area contributed by atoms with Crippen molar-refractivity contribution in [1.82, 2.24) is 0 Å². The minimum atomic E-state index is 0.203. The van der Waals surface area contributed by atoms with Gasteiger partial charge in [0.1, 0.15) is 0 Å². The second-order valence-corrected chi connectivity index (χ2v) is 6.10. The van der Waals surface area contributed by atoms with Crippen molar-refractivity contribution in [3.63, 3.8) is 0 Å². The van der Waals surface area contributed by atoms with Gasteiger partial charge in [0.2, 0.25) is 0 Å². The van der Waals surface area contributed by atoms with E-state index in [1.165, 1.54) is 11.1 Å². The number of fused-ring (bicyclic) bond motifs is 1. The first-order valence-corrected chi connectivity index (χ1v) is 5.21. The molecule has 0 amide bonds. The molecule has 0 aromatic heterocycles. The number of benzene rings is 1. The van der Waals surface area contributed by atoms with Crippen molar-refractivity contribution < 1.29 is 0 Å². The third-order valence-electron chi connectivity index (χ3n) is 2.57. The molecule has 0 heterocycles. The highest BCUT2D eigenvalue weighted by molar-refractivity contribution is 14.1. The van der Waals surface area contributed by atoms with Crippen LogP contribution >= 0.6 is 22.6 Å². The van der Waals surface area contributed by atoms with Crippen molar-refractivity contribution in [1.29, 1.82) is 0 Å². The fourth-order valence-electron chi connectivity index (χ4n) is 1.81. The van der Waals surface area contributed by atoms with Gasteiger partial charge < -0.3 is 5.73 Å². The Morgan fingerprint density at radius 1 is 1.50 bits per heavy atom. The number of hydrogen-bond acceptors (Lipinski definition) is 1. The van der Waals surface area contributed by atoms with Crippen molar-refractivity contribution in [2.24, 2.45) is 5.73 Å². The predicted molar refractivity (Wildman–Crippen MR) is 59.5 cm³/mol. The lowest BCUT2D eigenvalue weighted by Gasteiger charge is -2.21. The van der Waals surface area contributed by atoms with Crippen LogP contribution in [0.2, 0.25) is 0 Å². The molecule has 2 N–H and O–H groups in total. The lowest BCUT2D eigenvalue weighted by atomic mass is 10.0. The minimum absolute atomic E-state index is 0.203. The summed E-state index contributed by atoms with van der Waals surface area (Å²) in [5.41, 5.74) is 8.86. The number of hydrogen-bond donors (Lipinski definition) is 1. The molecule has 64 valence electrons. The molecule has 1 unspecified atom stereocenters. The molecular formula is C10H12IN. The van der Waals surface area contributed by atoms with E-state index < -0.39 is 0 Å². The first-order valence-electron chi connectivity index (χ1n) is 4.13. The van der Waals surface area contributed by atoms with Gasteiger partial charge in [-0.05, 0) is 24.5 Å². The van der Waals surface area contributed by atoms with Crippen LogP contribution in [0.1, 0.15) is 24.1 Å². The van der Waals surface area contributed by atoms with Crippen molar-refractivity contribution in [2.45, 2.75) is 22.8 Å². The fraction of sp³-hybridized carbons (Fsp3) is 0.400. The second-order valence-electron chi connectivity index (χ2n) is 3.63. The third kappa shape index (κ3) is 1.17. The average molecular weight is 273 g/mol. The first kappa shape index (κ1) is 8.51. The van der Waals surface area contributed by atoms with E-state index in [2.05, 4.69) is 53.8 Å². The molecule has 1 aliphatic carbocycles. The van der Waals surface area contributed by atoms with Crippen molar-refractivity contribution in [3.05, 3.63) is 35.4 Å². The fourth-order valence-corrected chi connectivity index (χ4v) is 2.55. The Balaban J connectivity index is 2.49. The quantitative estimate of drug-likeness (QED) is 0.570. The van der Waals surface area contributed by atoms with E-state index in [-0.39, 0.29) is 9.46 Å². The highest BCUT2D eigenvalue weighted by Crippen LogP contribution is 2.43. The van der Waals surface area contributed by atoms with E-state index in [0.717, 1.165) is 6.42 Å². The molecule has 12 heavy (non-hydrogen) atoms. The molecule has 2 rings (SSSR count). The lowest BCUT2D eigenvalue weighted by Crippen LogP contribution is -2.28. The van der Waals surface area contributed by atoms with Crippen LogP contribution < -0.4 is 5.73 Å². The molecule has 0 spiro atoms. The van der Waals surface area contributed by atoms with Gasteiger partial charge in [0, 0.05) is 9.46 Å². The predicted octanol–water partition coefficient (Wildman–Crippen LogP) is 2.44. The molecule has 0 saturated carbocycles. The zero-order valence-corrected chi connectivity index (χ0v) is 9.21. The van der Waals surface area contributed by atoms with Crippen LogP contribution in [0, 0.1) is 0 Å². The molecule has 2 heteroatoms. The number of halogens is 1. The van der Waals surface area contributed by atoms with Crippen LogP contribution in [-0.2, 0) is 6.42 Å². The molecule has 0 radical (unpaired) electrons. The Bertz CT molecular complexity index is 306. The Hall–Kier alpha value is -0.0900. The second kappa shape index (κ2) is 2.70. The van der Waals surface area contributed by atoms with Gasteiger partial charge in [-0.1, -0.05) is 46.9 Å². The zero-order valence-electron chi connectivity index (χ0n) is 7.05. The van der Waals surface area contributed by atoms with Crippen molar-refractivity contribution >= 4 is 22.6 Å². The molecular weight excluding hydrogens is 261 g/mol. The van der Waals surface area contributed by atoms with Gasteiger partial charge >= 0.3 is 0 Å². The SMILES string of the molecule is CC1(I)Cc2ccccc2[C@@H]1N. The molecule has 0 fully saturated rings. The zero-order chi connectivity index (χ0) is 8.77. The third-order valence-corrected chi connectivity index (χ3v) is 3.63. The Morgan fingerprint density at radius 2 is 2.17 bits per heavy atom. The molecule has 1 nitrogen and oxygen atoms in total. The molecule has 0 bridgehead atoms. The standard InChI is InChI=1S/C10H12IN/c1-10(11)6-7-4-2-3-5-8(7)9(10)12/h2-5,9H,6,12H2,1H3/t9-,10?/m0/s1. The molecule has 0 aliphatic heterocycles. The summed E-state index contributed by atoms with van der Waals surface area (Å²) in [6.45, 7) is 2.22. The largest absolute Gasteiger partial charge is 0.323 e. The molecule has 1 aromatic carbocycles. The first-order chi connectivity index (χ1) is 5.61. The van der Waals surface area contributed by atoms with Gasteiger partial charge in [-0.25, -0.2) is 0 Å². The number of alkyl halides is 1. The van der Waals surface area contributed by atoms with Crippen LogP contribution in [0.4, 0.5) is 0 Å². The lowest BCUT2D eigenvalue weighted by molar-refractivity contribution is 0.593. The maximum Gasteiger partial charge on any atom is 0.0446 e. The van der Waals surface area contributed by atoms with Crippen LogP contribution in [-0.4, -0.2) is 3.42 Å². The summed E-state index contributed by atoms with van der Waals surface area (Å²) in [7, 11) is 0. The van der Waals surface area contributed by atoms with Gasteiger partial charge in [0.15, 0.2) is 0 Å². The Morgan fingerprint density at radius 3 is 2.83 bits per heavy atom. The summed E-state index contributed by atoms with van der Waals surface area (Å²) in [6, 6.07) is 8.68. The van der Waals surface area contributed by atoms with E-state index in [4.69, 9.17) is 5.73 Å². The van der Waals surface area contributed by atoms with Crippen LogP contribution in [0.3, 0.4) is 0 Å². The highest BCUT2D eigenvalue weighted by Gasteiger charge is 2.37. The maximum absolute atomic E-state index is 6.12. The van der Waals surface area contributed by atoms with Crippen molar-refractivity contribution in [2.75, 3.05) is 0 Å². The van der Waals surface area contributed by atoms with Gasteiger partial charge in [-0.3, -0.25) is 0 Å². The summed E-state index contributed by atoms with van der Waals surface area (Å²) < 4.78 is 0.210. The van der Waals surface area contributed by atoms with E-state index in [0.29, 0.717) is 0 Å². The van der Waals surface area contributed by atoms with E-state index in [1.54, 1.807) is 0 Å². The topological polar surface area (TPSA) is 26.0 Å². The van der Waals surface area contributed by atoms with Gasteiger partial charge in [0.25, 0.3) is 0 Å². The monoisotopic (exact) mass is 273 g/mol. The Labute approximate surface area is 86.5 Å². The summed E-state index contributed by atoms with van der Waals surface area (Å²) in [4.78, 5) is 0. The number of rotatable bonds is 0. The van der Waals surface area contributed by atoms with E-state index >= 15 is 0 Å². The maximum atomic E-state index is 6.12. The van der Waals surface area contributed by atoms with Gasteiger partial charge in [0.05, 0.1) is 0 Å². The van der Waals surface area contributed by atoms with Crippen molar-refractivity contribution in [3.8, 4) is 0 Å². The molecule has 2 atom stereocenters. The average Bonchev–Trinajstić information content (AvgIpc) is 2.24. The van der Waals surface area contributed by atoms with Crippen LogP contribution in [0.15, 0.2) is 24.3 Å². The van der Waals surface area contributed by atoms with Crippen LogP contribution in [0.25, 0.3) is 0 Å². The van der Waals surface area contributed by atoms with Crippen LogP contribution in [0.5, 0.6) is 0 Å². The minimum Gasteiger partial charge on any atom is -0.323 e. The van der Waals surface area contributed by atoms with E-state index in [1.807, 2.05) is 0 Å². The summed E-state index contributed by atoms with van der Waals surface area (Å²) in [5.74, 6) is 0. The summed E-state index contributed by atoms with van der Waals surface area (Å²) >= 11 is 2.46. The molecule has 1 aromatic rings. The normalized spacial score (nSPS) is 33.4. The smallest absolute Gasteiger partial charge is 0.0446 e. The summed E-state index contributed by atoms with van der Waals surface area (Å²) in [6.07, 6.45) is 1.10. The highest BCUT2D eigenvalue weighted by atomic mass is 127. The Kier molecular flexibility index (Phi) is 1.92. The summed E-state index contributed by atoms with van der Waals surface area (Å²) in [5, 5.41) is 0. The number of nitrogens with two attached hydrogens (primary N) is 1.